The van der Waals surface area contributed by atoms with Gasteiger partial charge in [0.1, 0.15) is 5.82 Å². The second-order valence-electron chi connectivity index (χ2n) is 9.15. The number of unbranched alkanes of at least 4 members (excludes halogenated alkanes) is 6. The first-order chi connectivity index (χ1) is 21.1. The summed E-state index contributed by atoms with van der Waals surface area (Å²) >= 11 is 0. The first-order valence-electron chi connectivity index (χ1n) is 14.8. The first kappa shape index (κ1) is 42.2. The molecule has 0 fully saturated rings. The average molecular weight is 631 g/mol. The molecule has 1 aromatic heterocycles. The zero-order valence-electron chi connectivity index (χ0n) is 27.6. The standard InChI is InChI=1S/C10H9FN2O.C8H16O3.C7H14O3.C6H12O3/c1-6-3-4-8(9(11)5-6)10-12-7(2)14-13-10;1-3-4-5-6-7-11-8(9)10-2;1-3-4-5-6-10-7(8)9-2;1-3-4-5-9-6(7)8-2/h3-5H,1-2H3;3-7H2,1-2H3;3-6H2,1-2H3;3-5H2,1-2H3. The minimum absolute atomic E-state index is 0.292. The number of carbonyl (C=O) groups is 3. The molecular formula is C31H51FN2O10. The Morgan fingerprint density at radius 1 is 0.705 bits per heavy atom. The van der Waals surface area contributed by atoms with Crippen LogP contribution in [-0.4, -0.2) is 69.8 Å². The summed E-state index contributed by atoms with van der Waals surface area (Å²) in [5, 5.41) is 3.65. The van der Waals surface area contributed by atoms with Crippen LogP contribution in [0.5, 0.6) is 0 Å². The lowest BCUT2D eigenvalue weighted by Gasteiger charge is -2.01. The zero-order valence-corrected chi connectivity index (χ0v) is 27.6. The average Bonchev–Trinajstić information content (AvgIpc) is 3.45. The smallest absolute Gasteiger partial charge is 0.438 e. The number of aromatic nitrogens is 2. The molecule has 0 amide bonds. The van der Waals surface area contributed by atoms with Crippen molar-refractivity contribution in [2.24, 2.45) is 0 Å². The number of aryl methyl sites for hydroxylation is 2. The molecule has 1 aromatic carbocycles. The molecule has 0 aliphatic heterocycles. The molecule has 0 radical (unpaired) electrons. The molecule has 0 spiro atoms. The van der Waals surface area contributed by atoms with Gasteiger partial charge >= 0.3 is 18.5 Å². The Hall–Kier alpha value is -3.90. The molecule has 0 saturated carbocycles. The first-order valence-corrected chi connectivity index (χ1v) is 14.8. The number of ether oxygens (including phenoxy) is 6. The molecule has 2 aromatic rings. The molecule has 0 atom stereocenters. The third-order valence-electron chi connectivity index (χ3n) is 5.30. The van der Waals surface area contributed by atoms with E-state index in [0.29, 0.717) is 37.1 Å². The van der Waals surface area contributed by atoms with Crippen LogP contribution >= 0.6 is 0 Å². The fourth-order valence-electron chi connectivity index (χ4n) is 2.88. The van der Waals surface area contributed by atoms with Crippen molar-refractivity contribution in [3.05, 3.63) is 35.5 Å². The molecule has 0 unspecified atom stereocenters. The number of carbonyl (C=O) groups excluding carboxylic acids is 3. The number of benzene rings is 1. The normalized spacial score (nSPS) is 9.48. The van der Waals surface area contributed by atoms with Gasteiger partial charge < -0.3 is 32.9 Å². The van der Waals surface area contributed by atoms with Gasteiger partial charge in [0.15, 0.2) is 0 Å². The van der Waals surface area contributed by atoms with Crippen LogP contribution in [0.4, 0.5) is 18.8 Å². The highest BCUT2D eigenvalue weighted by Crippen LogP contribution is 2.20. The maximum absolute atomic E-state index is 13.4. The van der Waals surface area contributed by atoms with Crippen molar-refractivity contribution in [3.63, 3.8) is 0 Å². The summed E-state index contributed by atoms with van der Waals surface area (Å²) in [4.78, 5) is 34.9. The second kappa shape index (κ2) is 29.2. The van der Waals surface area contributed by atoms with Crippen molar-refractivity contribution in [3.8, 4) is 11.4 Å². The van der Waals surface area contributed by atoms with Gasteiger partial charge in [-0.2, -0.15) is 4.98 Å². The predicted octanol–water partition coefficient (Wildman–Crippen LogP) is 8.37. The molecule has 2 rings (SSSR count). The summed E-state index contributed by atoms with van der Waals surface area (Å²) in [5.74, 6) is 0.394. The van der Waals surface area contributed by atoms with Gasteiger partial charge in [0.05, 0.1) is 46.7 Å². The lowest BCUT2D eigenvalue weighted by molar-refractivity contribution is 0.0704. The van der Waals surface area contributed by atoms with Crippen molar-refractivity contribution in [2.75, 3.05) is 41.2 Å². The Bertz CT molecular complexity index is 1020. The van der Waals surface area contributed by atoms with Gasteiger partial charge in [-0.25, -0.2) is 18.8 Å². The number of halogens is 1. The van der Waals surface area contributed by atoms with E-state index >= 15 is 0 Å². The number of nitrogens with zero attached hydrogens (tertiary/aromatic N) is 2. The lowest BCUT2D eigenvalue weighted by atomic mass is 10.1. The van der Waals surface area contributed by atoms with Gasteiger partial charge in [0, 0.05) is 6.92 Å². The van der Waals surface area contributed by atoms with Gasteiger partial charge in [0.2, 0.25) is 11.7 Å². The van der Waals surface area contributed by atoms with Crippen molar-refractivity contribution >= 4 is 18.5 Å². The van der Waals surface area contributed by atoms with E-state index in [1.807, 2.05) is 19.9 Å². The van der Waals surface area contributed by atoms with E-state index in [9.17, 15) is 18.8 Å². The molecule has 44 heavy (non-hydrogen) atoms. The van der Waals surface area contributed by atoms with Gasteiger partial charge in [-0.1, -0.05) is 70.5 Å². The van der Waals surface area contributed by atoms with E-state index in [2.05, 4.69) is 52.4 Å². The third kappa shape index (κ3) is 24.7. The third-order valence-corrected chi connectivity index (χ3v) is 5.30. The SMILES string of the molecule is CCCCCCOC(=O)OC.CCCCCOC(=O)OC.CCCCOC(=O)OC.Cc1ccc(-c2noc(C)n2)c(F)c1. The topological polar surface area (TPSA) is 146 Å². The number of hydrogen-bond acceptors (Lipinski definition) is 12. The number of rotatable bonds is 13. The Labute approximate surface area is 260 Å². The van der Waals surface area contributed by atoms with Crippen molar-refractivity contribution in [1.29, 1.82) is 0 Å². The van der Waals surface area contributed by atoms with E-state index < -0.39 is 18.5 Å². The monoisotopic (exact) mass is 630 g/mol. The highest BCUT2D eigenvalue weighted by molar-refractivity contribution is 5.60. The van der Waals surface area contributed by atoms with Gasteiger partial charge in [-0.15, -0.1) is 0 Å². The maximum atomic E-state index is 13.4. The van der Waals surface area contributed by atoms with Crippen LogP contribution < -0.4 is 0 Å². The summed E-state index contributed by atoms with van der Waals surface area (Å²) in [6.45, 7) is 11.2. The molecule has 0 aliphatic rings. The van der Waals surface area contributed by atoms with E-state index in [1.54, 1.807) is 13.0 Å². The largest absolute Gasteiger partial charge is 0.507 e. The van der Waals surface area contributed by atoms with Crippen LogP contribution in [-0.2, 0) is 28.4 Å². The molecular weight excluding hydrogens is 579 g/mol. The van der Waals surface area contributed by atoms with Crippen LogP contribution in [0, 0.1) is 19.7 Å². The van der Waals surface area contributed by atoms with E-state index in [-0.39, 0.29) is 5.82 Å². The fourth-order valence-corrected chi connectivity index (χ4v) is 2.88. The molecule has 12 nitrogen and oxygen atoms in total. The summed E-state index contributed by atoms with van der Waals surface area (Å²) in [6, 6.07) is 4.90. The molecule has 0 aliphatic carbocycles. The number of methoxy groups -OCH3 is 3. The highest BCUT2D eigenvalue weighted by Gasteiger charge is 2.10. The van der Waals surface area contributed by atoms with Crippen molar-refractivity contribution in [1.82, 2.24) is 10.1 Å². The summed E-state index contributed by atoms with van der Waals surface area (Å²) in [5.41, 5.74) is 1.24. The quantitative estimate of drug-likeness (QED) is 0.119. The van der Waals surface area contributed by atoms with E-state index in [1.165, 1.54) is 40.2 Å². The Kier molecular flexibility index (Phi) is 28.0. The lowest BCUT2D eigenvalue weighted by Crippen LogP contribution is -2.05. The van der Waals surface area contributed by atoms with Gasteiger partial charge in [0.25, 0.3) is 0 Å². The zero-order chi connectivity index (χ0) is 33.6. The minimum Gasteiger partial charge on any atom is -0.438 e. The van der Waals surface area contributed by atoms with Crippen molar-refractivity contribution in [2.45, 2.75) is 92.4 Å². The van der Waals surface area contributed by atoms with Crippen LogP contribution in [0.15, 0.2) is 22.7 Å². The van der Waals surface area contributed by atoms with Gasteiger partial charge in [-0.05, 0) is 43.9 Å². The molecule has 252 valence electrons. The second-order valence-corrected chi connectivity index (χ2v) is 9.15. The predicted molar refractivity (Wildman–Crippen MR) is 163 cm³/mol. The van der Waals surface area contributed by atoms with Crippen LogP contribution in [0.2, 0.25) is 0 Å². The Morgan fingerprint density at radius 2 is 1.16 bits per heavy atom. The molecule has 0 saturated heterocycles. The summed E-state index contributed by atoms with van der Waals surface area (Å²) in [7, 11) is 3.92. The van der Waals surface area contributed by atoms with Crippen LogP contribution in [0.1, 0.15) is 90.0 Å². The van der Waals surface area contributed by atoms with Crippen LogP contribution in [0.3, 0.4) is 0 Å². The Morgan fingerprint density at radius 3 is 1.57 bits per heavy atom. The van der Waals surface area contributed by atoms with E-state index in [0.717, 1.165) is 50.5 Å². The summed E-state index contributed by atoms with van der Waals surface area (Å²) < 4.78 is 44.9. The van der Waals surface area contributed by atoms with E-state index in [4.69, 9.17) is 4.52 Å². The van der Waals surface area contributed by atoms with Gasteiger partial charge in [-0.3, -0.25) is 0 Å². The van der Waals surface area contributed by atoms with Crippen molar-refractivity contribution < 1.29 is 51.7 Å². The Balaban J connectivity index is 0. The minimum atomic E-state index is -0.594. The molecule has 0 bridgehead atoms. The molecule has 0 N–H and O–H groups in total. The number of hydrogen-bond donors (Lipinski definition) is 0. The molecule has 1 heterocycles. The molecule has 13 heteroatoms. The highest BCUT2D eigenvalue weighted by atomic mass is 19.1. The maximum Gasteiger partial charge on any atom is 0.507 e. The summed E-state index contributed by atoms with van der Waals surface area (Å²) in [6.07, 6.45) is 7.75. The fraction of sp³-hybridized carbons (Fsp3) is 0.645. The van der Waals surface area contributed by atoms with Crippen LogP contribution in [0.25, 0.3) is 11.4 Å².